The van der Waals surface area contributed by atoms with Gasteiger partial charge in [0.2, 0.25) is 0 Å². The van der Waals surface area contributed by atoms with Crippen molar-refractivity contribution in [3.8, 4) is 0 Å². The molecule has 0 aliphatic heterocycles. The van der Waals surface area contributed by atoms with Gasteiger partial charge in [0.15, 0.2) is 13.2 Å². The van der Waals surface area contributed by atoms with Crippen LogP contribution in [0, 0.1) is 0 Å². The van der Waals surface area contributed by atoms with Crippen LogP contribution in [0.2, 0.25) is 0 Å². The molecule has 2 unspecified atom stereocenters. The second-order valence-electron chi connectivity index (χ2n) is 7.57. The number of hydrogen-bond donors (Lipinski definition) is 2. The Morgan fingerprint density at radius 1 is 0.805 bits per heavy atom. The molecule has 1 aromatic rings. The van der Waals surface area contributed by atoms with Crippen LogP contribution in [-0.4, -0.2) is 88.1 Å². The summed E-state index contributed by atoms with van der Waals surface area (Å²) in [5, 5.41) is 6.07. The van der Waals surface area contributed by atoms with Crippen LogP contribution < -0.4 is 5.09 Å². The number of hydrogen-bond acceptors (Lipinski definition) is 6. The maximum Gasteiger partial charge on any atom is 0.412 e. The van der Waals surface area contributed by atoms with Gasteiger partial charge in [0.25, 0.3) is 12.5 Å². The first-order valence-electron chi connectivity index (χ1n) is 10.8. The lowest BCUT2D eigenvalue weighted by Crippen LogP contribution is -2.52. The first kappa shape index (κ1) is 33.9. The minimum atomic E-state index is -7.58. The smallest absolute Gasteiger partial charge is 0.368 e. The molecule has 1 rings (SSSR count). The number of rotatable bonds is 13. The zero-order valence-electron chi connectivity index (χ0n) is 21.3. The van der Waals surface area contributed by atoms with Crippen LogP contribution >= 0.6 is 15.0 Å². The van der Waals surface area contributed by atoms with Crippen LogP contribution in [0.5, 0.6) is 0 Å². The van der Waals surface area contributed by atoms with E-state index in [-0.39, 0.29) is 12.5 Å². The Hall–Kier alpha value is -1.58. The van der Waals surface area contributed by atoms with E-state index in [1.54, 1.807) is 0 Å². The second kappa shape index (κ2) is 12.6. The fourth-order valence-electron chi connectivity index (χ4n) is 2.60. The highest BCUT2D eigenvalue weighted by molar-refractivity contribution is 7.76. The number of alkyl halides is 15. The Kier molecular flexibility index (Phi) is 10.4. The van der Waals surface area contributed by atoms with Crippen LogP contribution in [0.4, 0.5) is 65.9 Å². The SMILES string of the molecule is [2H]C([2H])(n1ccnc1)C(O)(P(=O)(OCC(F)(F)F)OCC(F)(F)F)P(=O)(NCC(F)(F)F)N(CC(F)(F)F)CC(F)(F)F. The number of nitrogens with zero attached hydrogens (tertiary/aromatic N) is 3. The van der Waals surface area contributed by atoms with E-state index in [2.05, 4.69) is 14.0 Å². The van der Waals surface area contributed by atoms with Crippen LogP contribution in [0.1, 0.15) is 2.74 Å². The third kappa shape index (κ3) is 11.9. The lowest BCUT2D eigenvalue weighted by Gasteiger charge is -2.45. The van der Waals surface area contributed by atoms with Crippen molar-refractivity contribution in [2.24, 2.45) is 0 Å². The Labute approximate surface area is 221 Å². The van der Waals surface area contributed by atoms with Crippen LogP contribution in [-0.2, 0) is 24.7 Å². The van der Waals surface area contributed by atoms with Crippen molar-refractivity contribution in [2.45, 2.75) is 42.5 Å². The summed E-state index contributed by atoms with van der Waals surface area (Å²) >= 11 is 0. The van der Waals surface area contributed by atoms with E-state index in [4.69, 9.17) is 2.74 Å². The molecule has 0 aliphatic rings. The summed E-state index contributed by atoms with van der Waals surface area (Å²) < 4.78 is 246. The molecule has 9 nitrogen and oxygen atoms in total. The van der Waals surface area contributed by atoms with Gasteiger partial charge in [0.05, 0.1) is 22.1 Å². The maximum absolute atomic E-state index is 14.1. The molecule has 0 saturated carbocycles. The monoisotopic (exact) mass is 682 g/mol. The Balaban J connectivity index is 4.38. The zero-order valence-corrected chi connectivity index (χ0v) is 21.0. The molecule has 0 amide bonds. The predicted octanol–water partition coefficient (Wildman–Crippen LogP) is 5.65. The van der Waals surface area contributed by atoms with Gasteiger partial charge < -0.3 is 9.67 Å². The molecule has 0 spiro atoms. The molecule has 0 aliphatic carbocycles. The topological polar surface area (TPSA) is 106 Å². The lowest BCUT2D eigenvalue weighted by molar-refractivity contribution is -0.168. The van der Waals surface area contributed by atoms with Crippen molar-refractivity contribution < 1.29 is 91.9 Å². The summed E-state index contributed by atoms with van der Waals surface area (Å²) in [5.74, 6) is 0. The average Bonchev–Trinajstić information content (AvgIpc) is 3.31. The van der Waals surface area contributed by atoms with Crippen molar-refractivity contribution in [1.29, 1.82) is 0 Å². The summed E-state index contributed by atoms with van der Waals surface area (Å²) in [7, 11) is -15.1. The van der Waals surface area contributed by atoms with Gasteiger partial charge in [-0.1, -0.05) is 0 Å². The molecule has 0 bridgehead atoms. The number of halogens is 15. The lowest BCUT2D eigenvalue weighted by atomic mass is 10.5. The molecule has 242 valence electrons. The number of aliphatic hydroxyl groups is 1. The van der Waals surface area contributed by atoms with E-state index in [1.807, 2.05) is 0 Å². The molecule has 0 radical (unpaired) electrons. The molecule has 0 fully saturated rings. The molecule has 2 atom stereocenters. The summed E-state index contributed by atoms with van der Waals surface area (Å²) in [6, 6.07) is 0. The molecule has 26 heteroatoms. The number of aromatic nitrogens is 2. The summed E-state index contributed by atoms with van der Waals surface area (Å²) in [6.45, 7) is -20.9. The van der Waals surface area contributed by atoms with Gasteiger partial charge in [-0.15, -0.1) is 0 Å². The van der Waals surface area contributed by atoms with Gasteiger partial charge in [-0.3, -0.25) is 18.2 Å². The molecular formula is C15H17F15N4O5P2. The number of nitrogens with one attached hydrogen (secondary N) is 1. The van der Waals surface area contributed by atoms with Gasteiger partial charge >= 0.3 is 38.5 Å². The molecular weight excluding hydrogens is 663 g/mol. The predicted molar refractivity (Wildman–Crippen MR) is 104 cm³/mol. The average molecular weight is 682 g/mol. The molecule has 0 aromatic carbocycles. The largest absolute Gasteiger partial charge is 0.412 e. The minimum absolute atomic E-state index is 0.0643. The van der Waals surface area contributed by atoms with Crippen LogP contribution in [0.3, 0.4) is 0 Å². The van der Waals surface area contributed by atoms with E-state index in [0.29, 0.717) is 11.3 Å². The standard InChI is InChI=1S/C15H17F15N4O5P2/c16-10(17,18)3-32-40(36,34(4-11(19,20)21)5-12(22,23)24)15(35,6-33-2-1-31-9-33)41(37,38-7-13(25,26)27)39-8-14(28,29)30/h1-2,9,35H,3-8H2,(H,32,36)/i6D2. The summed E-state index contributed by atoms with van der Waals surface area (Å²) in [6.07, 6.45) is -29.0. The van der Waals surface area contributed by atoms with Gasteiger partial charge in [-0.25, -0.2) is 14.7 Å². The van der Waals surface area contributed by atoms with E-state index < -0.39 is 99.6 Å². The van der Waals surface area contributed by atoms with E-state index in [1.165, 1.54) is 0 Å². The molecule has 1 heterocycles. The molecule has 41 heavy (non-hydrogen) atoms. The van der Waals surface area contributed by atoms with Gasteiger partial charge in [0, 0.05) is 12.4 Å². The first-order valence-corrected chi connectivity index (χ1v) is 13.0. The first-order chi connectivity index (χ1) is 18.8. The fraction of sp³-hybridized carbons (Fsp3) is 0.800. The van der Waals surface area contributed by atoms with Crippen molar-refractivity contribution in [1.82, 2.24) is 19.3 Å². The van der Waals surface area contributed by atoms with E-state index in [9.17, 15) is 80.1 Å². The highest BCUT2D eigenvalue weighted by Gasteiger charge is 2.68. The molecule has 2 N–H and O–H groups in total. The summed E-state index contributed by atoms with van der Waals surface area (Å²) in [5.41, 5.74) is 0. The van der Waals surface area contributed by atoms with Crippen molar-refractivity contribution in [3.63, 3.8) is 0 Å². The fourth-order valence-corrected chi connectivity index (χ4v) is 8.35. The summed E-state index contributed by atoms with van der Waals surface area (Å²) in [4.78, 5) is 3.10. The Morgan fingerprint density at radius 2 is 1.24 bits per heavy atom. The van der Waals surface area contributed by atoms with E-state index in [0.717, 1.165) is 0 Å². The highest BCUT2D eigenvalue weighted by atomic mass is 31.2. The minimum Gasteiger partial charge on any atom is -0.368 e. The third-order valence-electron chi connectivity index (χ3n) is 4.00. The molecule has 0 saturated heterocycles. The van der Waals surface area contributed by atoms with Gasteiger partial charge in [-0.2, -0.15) is 65.9 Å². The Bertz CT molecular complexity index is 1120. The third-order valence-corrected chi connectivity index (χ3v) is 9.96. The number of imidazole rings is 1. The highest BCUT2D eigenvalue weighted by Crippen LogP contribution is 2.76. The van der Waals surface area contributed by atoms with Crippen molar-refractivity contribution in [3.05, 3.63) is 18.7 Å². The van der Waals surface area contributed by atoms with E-state index >= 15 is 0 Å². The second-order valence-corrected chi connectivity index (χ2v) is 12.8. The van der Waals surface area contributed by atoms with Crippen molar-refractivity contribution >= 4 is 15.0 Å². The normalized spacial score (nSPS) is 18.6. The van der Waals surface area contributed by atoms with Crippen LogP contribution in [0.15, 0.2) is 18.7 Å². The van der Waals surface area contributed by atoms with Gasteiger partial charge in [-0.05, 0) is 0 Å². The molecule has 1 aromatic heterocycles. The maximum atomic E-state index is 14.1. The van der Waals surface area contributed by atoms with Gasteiger partial charge in [0.1, 0.15) is 13.1 Å². The quantitative estimate of drug-likeness (QED) is 0.203. The zero-order chi connectivity index (χ0) is 34.1. The van der Waals surface area contributed by atoms with Crippen LogP contribution in [0.25, 0.3) is 0 Å². The van der Waals surface area contributed by atoms with Crippen molar-refractivity contribution in [2.75, 3.05) is 32.8 Å². The Morgan fingerprint density at radius 3 is 1.56 bits per heavy atom.